The number of amides is 1. The quantitative estimate of drug-likeness (QED) is 0.369. The van der Waals surface area contributed by atoms with E-state index in [1.54, 1.807) is 4.72 Å². The van der Waals surface area contributed by atoms with Crippen molar-refractivity contribution in [3.8, 4) is 0 Å². The van der Waals surface area contributed by atoms with E-state index >= 15 is 0 Å². The Labute approximate surface area is 115 Å². The molecule has 0 saturated heterocycles. The Bertz CT molecular complexity index is 461. The normalized spacial score (nSPS) is 12.5. The maximum absolute atomic E-state index is 11.4. The molecular formula is C9H16N2O8S. The van der Waals surface area contributed by atoms with Gasteiger partial charge in [-0.3, -0.25) is 9.59 Å². The molecule has 0 aromatic carbocycles. The van der Waals surface area contributed by atoms with Gasteiger partial charge in [-0.25, -0.2) is 9.52 Å². The Morgan fingerprint density at radius 3 is 2.35 bits per heavy atom. The Morgan fingerprint density at radius 2 is 1.90 bits per heavy atom. The number of hydrogen-bond donors (Lipinski definition) is 4. The molecule has 0 radical (unpaired) electrons. The first kappa shape index (κ1) is 18.3. The summed E-state index contributed by atoms with van der Waals surface area (Å²) in [7, 11) is -4.36. The molecule has 20 heavy (non-hydrogen) atoms. The lowest BCUT2D eigenvalue weighted by atomic mass is 10.2. The number of ketones is 1. The molecule has 0 bridgehead atoms. The van der Waals surface area contributed by atoms with Crippen molar-refractivity contribution in [2.24, 2.45) is 0 Å². The zero-order valence-electron chi connectivity index (χ0n) is 10.7. The van der Waals surface area contributed by atoms with Crippen LogP contribution in [0.5, 0.6) is 0 Å². The summed E-state index contributed by atoms with van der Waals surface area (Å²) >= 11 is 0. The van der Waals surface area contributed by atoms with Crippen LogP contribution >= 0.6 is 0 Å². The van der Waals surface area contributed by atoms with E-state index in [0.717, 1.165) is 6.92 Å². The van der Waals surface area contributed by atoms with Gasteiger partial charge in [-0.2, -0.15) is 13.1 Å². The van der Waals surface area contributed by atoms with Crippen molar-refractivity contribution in [3.63, 3.8) is 0 Å². The summed E-state index contributed by atoms with van der Waals surface area (Å²) in [6, 6.07) is -1.37. The Kier molecular flexibility index (Phi) is 7.72. The molecule has 116 valence electrons. The highest BCUT2D eigenvalue weighted by Crippen LogP contribution is 1.93. The molecule has 10 nitrogen and oxygen atoms in total. The first-order valence-corrected chi connectivity index (χ1v) is 6.96. The monoisotopic (exact) mass is 312 g/mol. The van der Waals surface area contributed by atoms with Gasteiger partial charge >= 0.3 is 22.3 Å². The van der Waals surface area contributed by atoms with Crippen LogP contribution in [-0.2, 0) is 24.5 Å². The number of carboxylic acid groups (broad SMARTS) is 1. The maximum Gasteiger partial charge on any atom is 0.421 e. The number of carboxylic acids is 1. The highest BCUT2D eigenvalue weighted by Gasteiger charge is 2.22. The van der Waals surface area contributed by atoms with E-state index in [1.807, 2.05) is 0 Å². The fourth-order valence-electron chi connectivity index (χ4n) is 0.993. The topological polar surface area (TPSA) is 159 Å². The smallest absolute Gasteiger partial charge is 0.421 e. The van der Waals surface area contributed by atoms with Crippen LogP contribution in [0, 0.1) is 0 Å². The Morgan fingerprint density at radius 1 is 1.30 bits per heavy atom. The molecule has 0 saturated carbocycles. The largest absolute Gasteiger partial charge is 0.481 e. The summed E-state index contributed by atoms with van der Waals surface area (Å²) < 4.78 is 30.4. The minimum absolute atomic E-state index is 0.0307. The van der Waals surface area contributed by atoms with Gasteiger partial charge in [-0.15, -0.1) is 0 Å². The average Bonchev–Trinajstić information content (AvgIpc) is 2.30. The summed E-state index contributed by atoms with van der Waals surface area (Å²) in [6.45, 7) is 0.0291. The zero-order chi connectivity index (χ0) is 15.8. The number of Topliss-reactive ketones (excluding diaryl/α,β-unsaturated/α-hetero) is 1. The van der Waals surface area contributed by atoms with E-state index in [2.05, 4.69) is 4.74 Å². The predicted molar refractivity (Wildman–Crippen MR) is 65.0 cm³/mol. The van der Waals surface area contributed by atoms with E-state index in [0.29, 0.717) is 0 Å². The summed E-state index contributed by atoms with van der Waals surface area (Å²) in [5.41, 5.74) is 0. The zero-order valence-corrected chi connectivity index (χ0v) is 11.5. The number of aliphatic hydroxyl groups excluding tert-OH is 1. The molecule has 0 rings (SSSR count). The molecule has 1 amide bonds. The van der Waals surface area contributed by atoms with Crippen LogP contribution in [0.25, 0.3) is 0 Å². The predicted octanol–water partition coefficient (Wildman–Crippen LogP) is -1.64. The fourth-order valence-corrected chi connectivity index (χ4v) is 1.95. The summed E-state index contributed by atoms with van der Waals surface area (Å²) in [5.74, 6) is -1.71. The Balaban J connectivity index is 4.22. The third-order valence-electron chi connectivity index (χ3n) is 1.96. The summed E-state index contributed by atoms with van der Waals surface area (Å²) in [5, 5.41) is 17.1. The van der Waals surface area contributed by atoms with Gasteiger partial charge in [0.15, 0.2) is 0 Å². The number of carbonyl (C=O) groups is 3. The van der Waals surface area contributed by atoms with E-state index in [1.165, 1.54) is 4.72 Å². The first-order chi connectivity index (χ1) is 9.18. The van der Waals surface area contributed by atoms with Crippen molar-refractivity contribution in [2.75, 3.05) is 13.2 Å². The van der Waals surface area contributed by atoms with Gasteiger partial charge in [0.25, 0.3) is 0 Å². The second-order valence-electron chi connectivity index (χ2n) is 3.70. The molecule has 1 atom stereocenters. The SMILES string of the molecule is CC(=O)C(CO)NS(=O)(=O)NC(=O)OCCCC(=O)O. The molecule has 4 N–H and O–H groups in total. The maximum atomic E-state index is 11.4. The lowest BCUT2D eigenvalue weighted by Gasteiger charge is -2.13. The highest BCUT2D eigenvalue weighted by atomic mass is 32.2. The second-order valence-corrected chi connectivity index (χ2v) is 5.15. The highest BCUT2D eigenvalue weighted by molar-refractivity contribution is 7.88. The van der Waals surface area contributed by atoms with Crippen LogP contribution < -0.4 is 9.44 Å². The van der Waals surface area contributed by atoms with Crippen LogP contribution in [0.1, 0.15) is 19.8 Å². The van der Waals surface area contributed by atoms with E-state index in [9.17, 15) is 22.8 Å². The third kappa shape index (κ3) is 8.39. The van der Waals surface area contributed by atoms with Gasteiger partial charge in [0, 0.05) is 6.42 Å². The minimum atomic E-state index is -4.36. The van der Waals surface area contributed by atoms with Gasteiger partial charge in [-0.05, 0) is 13.3 Å². The number of rotatable bonds is 9. The van der Waals surface area contributed by atoms with E-state index in [-0.39, 0.29) is 19.4 Å². The molecular weight excluding hydrogens is 296 g/mol. The van der Waals surface area contributed by atoms with Crippen LogP contribution in [0.4, 0.5) is 4.79 Å². The molecule has 1 unspecified atom stereocenters. The van der Waals surface area contributed by atoms with Crippen molar-refractivity contribution in [1.82, 2.24) is 9.44 Å². The van der Waals surface area contributed by atoms with Gasteiger partial charge in [0.05, 0.1) is 13.2 Å². The van der Waals surface area contributed by atoms with Crippen LogP contribution in [0.3, 0.4) is 0 Å². The number of aliphatic carboxylic acids is 1. The minimum Gasteiger partial charge on any atom is -0.481 e. The average molecular weight is 312 g/mol. The van der Waals surface area contributed by atoms with E-state index in [4.69, 9.17) is 10.2 Å². The van der Waals surface area contributed by atoms with Crippen LogP contribution in [0.2, 0.25) is 0 Å². The fraction of sp³-hybridized carbons (Fsp3) is 0.667. The van der Waals surface area contributed by atoms with Crippen molar-refractivity contribution in [1.29, 1.82) is 0 Å². The molecule has 0 aromatic heterocycles. The third-order valence-corrected chi connectivity index (χ3v) is 2.99. The molecule has 0 fully saturated rings. The standard InChI is InChI=1S/C9H16N2O8S/c1-6(13)7(5-12)10-20(17,18)11-9(16)19-4-2-3-8(14)15/h7,10,12H,2-5H2,1H3,(H,11,16)(H,14,15). The van der Waals surface area contributed by atoms with Gasteiger partial charge in [0.1, 0.15) is 11.8 Å². The first-order valence-electron chi connectivity index (χ1n) is 5.48. The Hall–Kier alpha value is -1.72. The lowest BCUT2D eigenvalue weighted by molar-refractivity contribution is -0.137. The molecule has 0 aliphatic rings. The van der Waals surface area contributed by atoms with Gasteiger partial charge in [0.2, 0.25) is 0 Å². The molecule has 0 spiro atoms. The van der Waals surface area contributed by atoms with Crippen molar-refractivity contribution < 1.29 is 37.8 Å². The molecule has 0 aromatic rings. The van der Waals surface area contributed by atoms with Crippen molar-refractivity contribution >= 4 is 28.1 Å². The number of aliphatic hydroxyl groups is 1. The van der Waals surface area contributed by atoms with Crippen LogP contribution in [0.15, 0.2) is 0 Å². The summed E-state index contributed by atoms with van der Waals surface area (Å²) in [4.78, 5) is 32.2. The lowest BCUT2D eigenvalue weighted by Crippen LogP contribution is -2.49. The molecule has 0 heterocycles. The van der Waals surface area contributed by atoms with E-state index < -0.39 is 40.7 Å². The van der Waals surface area contributed by atoms with Crippen molar-refractivity contribution in [2.45, 2.75) is 25.8 Å². The van der Waals surface area contributed by atoms with Gasteiger partial charge < -0.3 is 14.9 Å². The second kappa shape index (κ2) is 8.45. The van der Waals surface area contributed by atoms with Crippen molar-refractivity contribution in [3.05, 3.63) is 0 Å². The number of hydrogen-bond acceptors (Lipinski definition) is 7. The number of carbonyl (C=O) groups excluding carboxylic acids is 2. The molecule has 0 aliphatic heterocycles. The van der Waals surface area contributed by atoms with Crippen LogP contribution in [-0.4, -0.2) is 55.7 Å². The summed E-state index contributed by atoms with van der Waals surface area (Å²) in [6.07, 6.45) is -1.51. The number of nitrogens with one attached hydrogen (secondary N) is 2. The van der Waals surface area contributed by atoms with Gasteiger partial charge in [-0.1, -0.05) is 0 Å². The molecule has 0 aliphatic carbocycles. The molecule has 11 heteroatoms. The number of ether oxygens (including phenoxy) is 1.